The maximum atomic E-state index is 11.5. The third kappa shape index (κ3) is 3.13. The van der Waals surface area contributed by atoms with Crippen molar-refractivity contribution in [3.8, 4) is 0 Å². The Morgan fingerprint density at radius 3 is 2.64 bits per heavy atom. The van der Waals surface area contributed by atoms with E-state index < -0.39 is 0 Å². The Labute approximate surface area is 86.9 Å². The average molecular weight is 192 g/mol. The fourth-order valence-electron chi connectivity index (χ4n) is 2.04. The van der Waals surface area contributed by atoms with Crippen molar-refractivity contribution in [1.29, 1.82) is 0 Å². The SMILES string of the molecule is C=C(CC)CC1=CC(=O)CC(C)(C)C1. The first-order chi connectivity index (χ1) is 6.43. The Balaban J connectivity index is 2.70. The molecule has 0 unspecified atom stereocenters. The van der Waals surface area contributed by atoms with E-state index in [0.717, 1.165) is 19.3 Å². The number of ketones is 1. The van der Waals surface area contributed by atoms with Crippen molar-refractivity contribution in [2.45, 2.75) is 46.5 Å². The number of carbonyl (C=O) groups is 1. The predicted octanol–water partition coefficient (Wildman–Crippen LogP) is 3.66. The predicted molar refractivity (Wildman–Crippen MR) is 60.2 cm³/mol. The van der Waals surface area contributed by atoms with E-state index in [1.54, 1.807) is 0 Å². The van der Waals surface area contributed by atoms with Gasteiger partial charge >= 0.3 is 0 Å². The summed E-state index contributed by atoms with van der Waals surface area (Å²) in [5, 5.41) is 0. The van der Waals surface area contributed by atoms with Crippen molar-refractivity contribution >= 4 is 5.78 Å². The number of hydrogen-bond donors (Lipinski definition) is 0. The summed E-state index contributed by atoms with van der Waals surface area (Å²) in [5.74, 6) is 0.278. The Kier molecular flexibility index (Phi) is 3.30. The zero-order chi connectivity index (χ0) is 10.8. The van der Waals surface area contributed by atoms with Crippen LogP contribution in [-0.2, 0) is 4.79 Å². The molecule has 0 radical (unpaired) electrons. The van der Waals surface area contributed by atoms with Gasteiger partial charge in [0, 0.05) is 6.42 Å². The molecule has 0 spiro atoms. The minimum atomic E-state index is 0.148. The topological polar surface area (TPSA) is 17.1 Å². The molecule has 0 atom stereocenters. The highest BCUT2D eigenvalue weighted by Gasteiger charge is 2.27. The molecule has 0 N–H and O–H groups in total. The molecular formula is C13H20O. The monoisotopic (exact) mass is 192 g/mol. The maximum Gasteiger partial charge on any atom is 0.156 e. The fraction of sp³-hybridized carbons (Fsp3) is 0.615. The third-order valence-electron chi connectivity index (χ3n) is 2.70. The van der Waals surface area contributed by atoms with Crippen LogP contribution in [0.4, 0.5) is 0 Å². The molecule has 0 aliphatic heterocycles. The molecule has 0 bridgehead atoms. The van der Waals surface area contributed by atoms with E-state index in [1.807, 2.05) is 6.08 Å². The van der Waals surface area contributed by atoms with E-state index in [9.17, 15) is 4.79 Å². The van der Waals surface area contributed by atoms with E-state index in [1.165, 1.54) is 11.1 Å². The van der Waals surface area contributed by atoms with Crippen LogP contribution in [-0.4, -0.2) is 5.78 Å². The molecule has 0 heterocycles. The minimum Gasteiger partial charge on any atom is -0.295 e. The van der Waals surface area contributed by atoms with Gasteiger partial charge in [0.1, 0.15) is 0 Å². The highest BCUT2D eigenvalue weighted by atomic mass is 16.1. The third-order valence-corrected chi connectivity index (χ3v) is 2.70. The molecule has 0 fully saturated rings. The van der Waals surface area contributed by atoms with Crippen molar-refractivity contribution < 1.29 is 4.79 Å². The van der Waals surface area contributed by atoms with Crippen LogP contribution in [0.5, 0.6) is 0 Å². The first kappa shape index (κ1) is 11.2. The van der Waals surface area contributed by atoms with E-state index in [0.29, 0.717) is 6.42 Å². The molecule has 1 aliphatic carbocycles. The quantitative estimate of drug-likeness (QED) is 0.624. The Morgan fingerprint density at radius 1 is 1.50 bits per heavy atom. The smallest absolute Gasteiger partial charge is 0.156 e. The summed E-state index contributed by atoms with van der Waals surface area (Å²) in [4.78, 5) is 11.5. The standard InChI is InChI=1S/C13H20O/c1-5-10(2)6-11-7-12(14)9-13(3,4)8-11/h7H,2,5-6,8-9H2,1,3-4H3. The van der Waals surface area contributed by atoms with Gasteiger partial charge in [0.25, 0.3) is 0 Å². The summed E-state index contributed by atoms with van der Waals surface area (Å²) in [7, 11) is 0. The summed E-state index contributed by atoms with van der Waals surface area (Å²) in [6.07, 6.45) is 5.47. The Morgan fingerprint density at radius 2 is 2.14 bits per heavy atom. The first-order valence-corrected chi connectivity index (χ1v) is 5.32. The molecule has 0 saturated heterocycles. The zero-order valence-corrected chi connectivity index (χ0v) is 9.52. The van der Waals surface area contributed by atoms with Crippen LogP contribution in [0.2, 0.25) is 0 Å². The van der Waals surface area contributed by atoms with Gasteiger partial charge in [0.05, 0.1) is 0 Å². The molecule has 0 aromatic carbocycles. The lowest BCUT2D eigenvalue weighted by molar-refractivity contribution is -0.117. The molecule has 1 aliphatic rings. The van der Waals surface area contributed by atoms with Crippen LogP contribution in [0.15, 0.2) is 23.8 Å². The lowest BCUT2D eigenvalue weighted by Gasteiger charge is -2.29. The molecule has 1 heteroatoms. The van der Waals surface area contributed by atoms with Gasteiger partial charge < -0.3 is 0 Å². The second kappa shape index (κ2) is 4.12. The lowest BCUT2D eigenvalue weighted by atomic mass is 9.75. The molecule has 0 aromatic rings. The van der Waals surface area contributed by atoms with Gasteiger partial charge in [0.2, 0.25) is 0 Å². The number of rotatable bonds is 3. The van der Waals surface area contributed by atoms with E-state index in [2.05, 4.69) is 27.4 Å². The van der Waals surface area contributed by atoms with E-state index in [4.69, 9.17) is 0 Å². The van der Waals surface area contributed by atoms with E-state index in [-0.39, 0.29) is 11.2 Å². The van der Waals surface area contributed by atoms with Crippen molar-refractivity contribution in [2.24, 2.45) is 5.41 Å². The summed E-state index contributed by atoms with van der Waals surface area (Å²) in [6.45, 7) is 10.4. The van der Waals surface area contributed by atoms with Crippen LogP contribution >= 0.6 is 0 Å². The summed E-state index contributed by atoms with van der Waals surface area (Å²) < 4.78 is 0. The van der Waals surface area contributed by atoms with Gasteiger partial charge in [-0.2, -0.15) is 0 Å². The Hall–Kier alpha value is -0.850. The van der Waals surface area contributed by atoms with Gasteiger partial charge in [-0.1, -0.05) is 38.5 Å². The highest BCUT2D eigenvalue weighted by Crippen LogP contribution is 2.35. The molecule has 0 amide bonds. The minimum absolute atomic E-state index is 0.148. The number of allylic oxidation sites excluding steroid dienone is 3. The van der Waals surface area contributed by atoms with Crippen molar-refractivity contribution in [3.63, 3.8) is 0 Å². The van der Waals surface area contributed by atoms with Crippen LogP contribution in [0.3, 0.4) is 0 Å². The van der Waals surface area contributed by atoms with Gasteiger partial charge in [0.15, 0.2) is 5.78 Å². The second-order valence-corrected chi connectivity index (χ2v) is 5.07. The molecule has 0 saturated carbocycles. The lowest BCUT2D eigenvalue weighted by Crippen LogP contribution is -2.21. The first-order valence-electron chi connectivity index (χ1n) is 5.32. The van der Waals surface area contributed by atoms with Crippen LogP contribution in [0.25, 0.3) is 0 Å². The van der Waals surface area contributed by atoms with Crippen molar-refractivity contribution in [1.82, 2.24) is 0 Å². The average Bonchev–Trinajstić information content (AvgIpc) is 1.99. The van der Waals surface area contributed by atoms with Crippen LogP contribution < -0.4 is 0 Å². The molecule has 78 valence electrons. The number of carbonyl (C=O) groups excluding carboxylic acids is 1. The maximum absolute atomic E-state index is 11.5. The Bertz CT molecular complexity index is 282. The second-order valence-electron chi connectivity index (χ2n) is 5.07. The van der Waals surface area contributed by atoms with Gasteiger partial charge in [-0.3, -0.25) is 4.79 Å². The van der Waals surface area contributed by atoms with Crippen LogP contribution in [0, 0.1) is 5.41 Å². The molecule has 0 aromatic heterocycles. The fourth-order valence-corrected chi connectivity index (χ4v) is 2.04. The zero-order valence-electron chi connectivity index (χ0n) is 9.52. The van der Waals surface area contributed by atoms with Crippen molar-refractivity contribution in [2.75, 3.05) is 0 Å². The molecular weight excluding hydrogens is 172 g/mol. The normalized spacial score (nSPS) is 20.5. The summed E-state index contributed by atoms with van der Waals surface area (Å²) in [6, 6.07) is 0. The van der Waals surface area contributed by atoms with E-state index >= 15 is 0 Å². The molecule has 14 heavy (non-hydrogen) atoms. The van der Waals surface area contributed by atoms with Gasteiger partial charge in [-0.05, 0) is 30.8 Å². The molecule has 1 rings (SSSR count). The van der Waals surface area contributed by atoms with Gasteiger partial charge in [-0.25, -0.2) is 0 Å². The van der Waals surface area contributed by atoms with Crippen LogP contribution in [0.1, 0.15) is 46.5 Å². The van der Waals surface area contributed by atoms with Crippen molar-refractivity contribution in [3.05, 3.63) is 23.8 Å². The number of hydrogen-bond acceptors (Lipinski definition) is 1. The highest BCUT2D eigenvalue weighted by molar-refractivity contribution is 5.91. The molecule has 1 nitrogen and oxygen atoms in total. The van der Waals surface area contributed by atoms with Gasteiger partial charge in [-0.15, -0.1) is 0 Å². The summed E-state index contributed by atoms with van der Waals surface area (Å²) >= 11 is 0. The summed E-state index contributed by atoms with van der Waals surface area (Å²) in [5.41, 5.74) is 2.63. The largest absolute Gasteiger partial charge is 0.295 e.